The number of rotatable bonds is 2. The van der Waals surface area contributed by atoms with Crippen molar-refractivity contribution >= 4 is 23.2 Å². The van der Waals surface area contributed by atoms with Crippen LogP contribution in [0.3, 0.4) is 0 Å². The van der Waals surface area contributed by atoms with Gasteiger partial charge < -0.3 is 4.98 Å². The summed E-state index contributed by atoms with van der Waals surface area (Å²) >= 11 is 0. The molecular weight excluding hydrogens is 227 g/mol. The number of para-hydroxylation sites is 2. The zero-order valence-electron chi connectivity index (χ0n) is 9.60. The van der Waals surface area contributed by atoms with Crippen molar-refractivity contribution in [2.24, 2.45) is 0 Å². The largest absolute Gasteiger partial charge is 0.338 e. The van der Waals surface area contributed by atoms with E-state index in [-0.39, 0.29) is 5.82 Å². The van der Waals surface area contributed by atoms with Gasteiger partial charge in [-0.3, -0.25) is 0 Å². The first-order chi connectivity index (χ1) is 8.83. The number of fused-ring (bicyclic) bond motifs is 1. The molecule has 1 aromatic heterocycles. The number of hydrogen-bond acceptors (Lipinski definition) is 1. The number of aromatic amines is 1. The summed E-state index contributed by atoms with van der Waals surface area (Å²) < 4.78 is 13.4. The van der Waals surface area contributed by atoms with Gasteiger partial charge in [-0.15, -0.1) is 0 Å². The summed E-state index contributed by atoms with van der Waals surface area (Å²) in [5.41, 5.74) is 2.44. The van der Waals surface area contributed by atoms with Crippen molar-refractivity contribution in [3.63, 3.8) is 0 Å². The molecule has 3 aromatic rings. The fourth-order valence-electron chi connectivity index (χ4n) is 1.83. The van der Waals surface area contributed by atoms with Gasteiger partial charge in [-0.2, -0.15) is 0 Å². The molecule has 0 amide bonds. The Morgan fingerprint density at radius 2 is 1.72 bits per heavy atom. The molecule has 3 heteroatoms. The maximum Gasteiger partial charge on any atom is 0.131 e. The molecule has 2 nitrogen and oxygen atoms in total. The normalized spacial score (nSPS) is 11.4. The first-order valence-electron chi connectivity index (χ1n) is 5.70. The van der Waals surface area contributed by atoms with E-state index in [4.69, 9.17) is 0 Å². The predicted octanol–water partition coefficient (Wildman–Crippen LogP) is 3.87. The fraction of sp³-hybridized carbons (Fsp3) is 0. The first kappa shape index (κ1) is 10.7. The molecule has 0 spiro atoms. The van der Waals surface area contributed by atoms with Gasteiger partial charge in [0.2, 0.25) is 0 Å². The van der Waals surface area contributed by atoms with E-state index in [1.807, 2.05) is 24.3 Å². The van der Waals surface area contributed by atoms with Crippen LogP contribution in [0.25, 0.3) is 23.2 Å². The van der Waals surface area contributed by atoms with Crippen molar-refractivity contribution in [2.75, 3.05) is 0 Å². The first-order valence-corrected chi connectivity index (χ1v) is 5.70. The smallest absolute Gasteiger partial charge is 0.131 e. The molecule has 18 heavy (non-hydrogen) atoms. The molecule has 1 heterocycles. The monoisotopic (exact) mass is 238 g/mol. The molecule has 0 bridgehead atoms. The number of nitrogens with zero attached hydrogens (tertiary/aromatic N) is 1. The second kappa shape index (κ2) is 4.45. The van der Waals surface area contributed by atoms with Gasteiger partial charge in [0.15, 0.2) is 0 Å². The molecule has 0 aliphatic carbocycles. The van der Waals surface area contributed by atoms with Crippen molar-refractivity contribution in [1.82, 2.24) is 9.97 Å². The predicted molar refractivity (Wildman–Crippen MR) is 71.4 cm³/mol. The van der Waals surface area contributed by atoms with Crippen molar-refractivity contribution in [3.05, 3.63) is 65.7 Å². The molecule has 88 valence electrons. The van der Waals surface area contributed by atoms with Gasteiger partial charge in [-0.05, 0) is 30.4 Å². The number of imidazole rings is 1. The van der Waals surface area contributed by atoms with Crippen LogP contribution in [0, 0.1) is 5.82 Å². The highest BCUT2D eigenvalue weighted by Crippen LogP contribution is 2.14. The Kier molecular flexibility index (Phi) is 2.65. The molecule has 2 aromatic carbocycles. The van der Waals surface area contributed by atoms with E-state index in [1.165, 1.54) is 6.07 Å². The molecule has 0 radical (unpaired) electrons. The SMILES string of the molecule is Fc1ccccc1/C=C/c1nc2ccccc2[nH]1. The fourth-order valence-corrected chi connectivity index (χ4v) is 1.83. The molecule has 1 N–H and O–H groups in total. The van der Waals surface area contributed by atoms with Crippen LogP contribution in [0.2, 0.25) is 0 Å². The molecule has 0 fully saturated rings. The molecule has 0 aliphatic rings. The zero-order chi connectivity index (χ0) is 12.4. The molecule has 3 rings (SSSR count). The second-order valence-corrected chi connectivity index (χ2v) is 3.99. The summed E-state index contributed by atoms with van der Waals surface area (Å²) in [5, 5.41) is 0. The highest BCUT2D eigenvalue weighted by Gasteiger charge is 1.99. The van der Waals surface area contributed by atoms with E-state index in [1.54, 1.807) is 30.4 Å². The van der Waals surface area contributed by atoms with Crippen LogP contribution in [-0.2, 0) is 0 Å². The van der Waals surface area contributed by atoms with Crippen LogP contribution in [0.5, 0.6) is 0 Å². The lowest BCUT2D eigenvalue weighted by Crippen LogP contribution is -1.80. The van der Waals surface area contributed by atoms with Crippen LogP contribution < -0.4 is 0 Å². The maximum atomic E-state index is 13.4. The Bertz CT molecular complexity index is 680. The Labute approximate surface area is 104 Å². The third-order valence-electron chi connectivity index (χ3n) is 2.73. The van der Waals surface area contributed by atoms with Gasteiger partial charge in [-0.25, -0.2) is 9.37 Å². The standard InChI is InChI=1S/C15H11FN2/c16-12-6-2-1-5-11(12)9-10-15-17-13-7-3-4-8-14(13)18-15/h1-10H,(H,17,18)/b10-9+. The molecule has 0 saturated heterocycles. The Morgan fingerprint density at radius 1 is 0.944 bits per heavy atom. The minimum Gasteiger partial charge on any atom is -0.338 e. The van der Waals surface area contributed by atoms with Crippen molar-refractivity contribution in [1.29, 1.82) is 0 Å². The summed E-state index contributed by atoms with van der Waals surface area (Å²) in [6.45, 7) is 0. The average Bonchev–Trinajstić information content (AvgIpc) is 2.80. The van der Waals surface area contributed by atoms with Gasteiger partial charge in [0, 0.05) is 5.56 Å². The second-order valence-electron chi connectivity index (χ2n) is 3.99. The van der Waals surface area contributed by atoms with Crippen LogP contribution in [0.1, 0.15) is 11.4 Å². The lowest BCUT2D eigenvalue weighted by Gasteiger charge is -1.93. The van der Waals surface area contributed by atoms with Gasteiger partial charge >= 0.3 is 0 Å². The molecule has 0 atom stereocenters. The highest BCUT2D eigenvalue weighted by molar-refractivity contribution is 5.78. The average molecular weight is 238 g/mol. The minimum absolute atomic E-state index is 0.232. The summed E-state index contributed by atoms with van der Waals surface area (Å²) in [6, 6.07) is 14.4. The lowest BCUT2D eigenvalue weighted by atomic mass is 10.2. The molecular formula is C15H11FN2. The molecule has 0 saturated carbocycles. The minimum atomic E-state index is -0.232. The number of hydrogen-bond donors (Lipinski definition) is 1. The number of benzene rings is 2. The van der Waals surface area contributed by atoms with Crippen LogP contribution in [0.4, 0.5) is 4.39 Å². The van der Waals surface area contributed by atoms with Crippen LogP contribution >= 0.6 is 0 Å². The van der Waals surface area contributed by atoms with E-state index < -0.39 is 0 Å². The van der Waals surface area contributed by atoms with Gasteiger partial charge in [0.25, 0.3) is 0 Å². The molecule has 0 unspecified atom stereocenters. The number of nitrogens with one attached hydrogen (secondary N) is 1. The van der Waals surface area contributed by atoms with Crippen molar-refractivity contribution in [2.45, 2.75) is 0 Å². The van der Waals surface area contributed by atoms with Gasteiger partial charge in [0.1, 0.15) is 11.6 Å². The number of H-pyrrole nitrogens is 1. The highest BCUT2D eigenvalue weighted by atomic mass is 19.1. The Balaban J connectivity index is 1.95. The van der Waals surface area contributed by atoms with E-state index in [0.717, 1.165) is 16.9 Å². The third kappa shape index (κ3) is 2.02. The Morgan fingerprint density at radius 3 is 2.56 bits per heavy atom. The zero-order valence-corrected chi connectivity index (χ0v) is 9.60. The lowest BCUT2D eigenvalue weighted by molar-refractivity contribution is 0.625. The third-order valence-corrected chi connectivity index (χ3v) is 2.73. The van der Waals surface area contributed by atoms with E-state index in [0.29, 0.717) is 5.56 Å². The number of aromatic nitrogens is 2. The summed E-state index contributed by atoms with van der Waals surface area (Å²) in [4.78, 5) is 7.56. The summed E-state index contributed by atoms with van der Waals surface area (Å²) in [5.74, 6) is 0.490. The van der Waals surface area contributed by atoms with Gasteiger partial charge in [0.05, 0.1) is 11.0 Å². The quantitative estimate of drug-likeness (QED) is 0.721. The van der Waals surface area contributed by atoms with Crippen molar-refractivity contribution < 1.29 is 4.39 Å². The number of halogens is 1. The van der Waals surface area contributed by atoms with Crippen LogP contribution in [0.15, 0.2) is 48.5 Å². The van der Waals surface area contributed by atoms with E-state index in [9.17, 15) is 4.39 Å². The topological polar surface area (TPSA) is 28.7 Å². The molecule has 0 aliphatic heterocycles. The summed E-state index contributed by atoms with van der Waals surface area (Å²) in [6.07, 6.45) is 3.49. The maximum absolute atomic E-state index is 13.4. The summed E-state index contributed by atoms with van der Waals surface area (Å²) in [7, 11) is 0. The van der Waals surface area contributed by atoms with Gasteiger partial charge in [-0.1, -0.05) is 30.3 Å². The van der Waals surface area contributed by atoms with Crippen molar-refractivity contribution in [3.8, 4) is 0 Å². The van der Waals surface area contributed by atoms with E-state index >= 15 is 0 Å². The van der Waals surface area contributed by atoms with E-state index in [2.05, 4.69) is 9.97 Å². The van der Waals surface area contributed by atoms with Crippen LogP contribution in [-0.4, -0.2) is 9.97 Å². The Hall–Kier alpha value is -2.42.